The number of sulfone groups is 1. The Balaban J connectivity index is 2.14. The molecular formula is C12H25NO2S. The number of hydrogen-bond acceptors (Lipinski definition) is 3. The molecule has 3 nitrogen and oxygen atoms in total. The van der Waals surface area contributed by atoms with E-state index in [0.29, 0.717) is 5.75 Å². The maximum Gasteiger partial charge on any atom is 0.153 e. The average molecular weight is 247 g/mol. The molecule has 96 valence electrons. The van der Waals surface area contributed by atoms with Gasteiger partial charge in [0.2, 0.25) is 0 Å². The summed E-state index contributed by atoms with van der Waals surface area (Å²) in [7, 11) is -2.87. The van der Waals surface area contributed by atoms with Crippen molar-refractivity contribution in [2.45, 2.75) is 57.7 Å². The zero-order chi connectivity index (χ0) is 12.2. The first-order valence-electron chi connectivity index (χ1n) is 6.38. The third kappa shape index (κ3) is 4.83. The predicted molar refractivity (Wildman–Crippen MR) is 68.3 cm³/mol. The quantitative estimate of drug-likeness (QED) is 0.667. The molecule has 0 bridgehead atoms. The topological polar surface area (TPSA) is 46.2 Å². The molecule has 1 atom stereocenters. The molecule has 1 fully saturated rings. The van der Waals surface area contributed by atoms with Gasteiger partial charge in [0.25, 0.3) is 0 Å². The highest BCUT2D eigenvalue weighted by molar-refractivity contribution is 7.92. The van der Waals surface area contributed by atoms with Crippen molar-refractivity contribution < 1.29 is 8.42 Å². The highest BCUT2D eigenvalue weighted by Crippen LogP contribution is 2.18. The van der Waals surface area contributed by atoms with Gasteiger partial charge in [-0.1, -0.05) is 13.8 Å². The maximum atomic E-state index is 11.9. The monoisotopic (exact) mass is 247 g/mol. The molecule has 1 saturated carbocycles. The molecule has 0 aliphatic heterocycles. The molecular weight excluding hydrogens is 222 g/mol. The van der Waals surface area contributed by atoms with E-state index in [1.54, 1.807) is 0 Å². The van der Waals surface area contributed by atoms with Crippen LogP contribution in [0.1, 0.15) is 46.5 Å². The van der Waals surface area contributed by atoms with Crippen LogP contribution in [-0.4, -0.2) is 32.0 Å². The lowest BCUT2D eigenvalue weighted by atomic mass is 10.2. The van der Waals surface area contributed by atoms with Crippen LogP contribution in [-0.2, 0) is 9.84 Å². The average Bonchev–Trinajstić information content (AvgIpc) is 2.99. The molecule has 0 heterocycles. The van der Waals surface area contributed by atoms with E-state index in [0.717, 1.165) is 25.4 Å². The van der Waals surface area contributed by atoms with Gasteiger partial charge < -0.3 is 5.32 Å². The zero-order valence-electron chi connectivity index (χ0n) is 10.7. The van der Waals surface area contributed by atoms with Crippen LogP contribution in [0.15, 0.2) is 0 Å². The Labute approximate surface area is 99.9 Å². The first-order chi connectivity index (χ1) is 7.43. The van der Waals surface area contributed by atoms with Crippen molar-refractivity contribution in [1.82, 2.24) is 5.32 Å². The third-order valence-electron chi connectivity index (χ3n) is 3.37. The molecule has 1 rings (SSSR count). The molecule has 1 unspecified atom stereocenters. The number of nitrogens with one attached hydrogen (secondary N) is 1. The summed E-state index contributed by atoms with van der Waals surface area (Å²) in [4.78, 5) is 0. The Morgan fingerprint density at radius 1 is 1.19 bits per heavy atom. The van der Waals surface area contributed by atoms with Crippen molar-refractivity contribution in [1.29, 1.82) is 0 Å². The van der Waals surface area contributed by atoms with Crippen LogP contribution in [0.25, 0.3) is 0 Å². The van der Waals surface area contributed by atoms with Crippen molar-refractivity contribution in [2.24, 2.45) is 5.92 Å². The largest absolute Gasteiger partial charge is 0.314 e. The van der Waals surface area contributed by atoms with E-state index in [-0.39, 0.29) is 11.2 Å². The van der Waals surface area contributed by atoms with Gasteiger partial charge in [0.05, 0.1) is 11.0 Å². The van der Waals surface area contributed by atoms with Crippen LogP contribution in [0.3, 0.4) is 0 Å². The van der Waals surface area contributed by atoms with E-state index < -0.39 is 9.84 Å². The lowest BCUT2D eigenvalue weighted by Crippen LogP contribution is -2.26. The number of hydrogen-bond donors (Lipinski definition) is 1. The van der Waals surface area contributed by atoms with Gasteiger partial charge in [-0.05, 0) is 45.1 Å². The molecule has 0 amide bonds. The summed E-state index contributed by atoms with van der Waals surface area (Å²) >= 11 is 0. The Morgan fingerprint density at radius 2 is 1.81 bits per heavy atom. The maximum absolute atomic E-state index is 11.9. The molecule has 0 saturated heterocycles. The van der Waals surface area contributed by atoms with Crippen LogP contribution >= 0.6 is 0 Å². The van der Waals surface area contributed by atoms with Gasteiger partial charge in [0, 0.05) is 6.04 Å². The fraction of sp³-hybridized carbons (Fsp3) is 1.00. The zero-order valence-corrected chi connectivity index (χ0v) is 11.5. The van der Waals surface area contributed by atoms with Gasteiger partial charge in [-0.2, -0.15) is 0 Å². The van der Waals surface area contributed by atoms with E-state index in [9.17, 15) is 8.42 Å². The van der Waals surface area contributed by atoms with Crippen molar-refractivity contribution in [3.05, 3.63) is 0 Å². The second-order valence-corrected chi connectivity index (χ2v) is 7.73. The fourth-order valence-electron chi connectivity index (χ4n) is 1.62. The Hall–Kier alpha value is -0.0900. The summed E-state index contributed by atoms with van der Waals surface area (Å²) in [6.07, 6.45) is 4.35. The standard InChI is InChI=1S/C12H25NO2S/c1-10(2)11(3)16(14,15)9-5-4-8-13-12-6-7-12/h10-13H,4-9H2,1-3H3. The highest BCUT2D eigenvalue weighted by Gasteiger charge is 2.23. The molecule has 0 aromatic carbocycles. The minimum Gasteiger partial charge on any atom is -0.314 e. The van der Waals surface area contributed by atoms with E-state index in [1.807, 2.05) is 20.8 Å². The molecule has 0 radical (unpaired) electrons. The minimum atomic E-state index is -2.87. The van der Waals surface area contributed by atoms with Crippen LogP contribution in [0, 0.1) is 5.92 Å². The van der Waals surface area contributed by atoms with E-state index in [4.69, 9.17) is 0 Å². The first-order valence-corrected chi connectivity index (χ1v) is 8.10. The molecule has 1 aliphatic rings. The number of unbranched alkanes of at least 4 members (excludes halogenated alkanes) is 1. The molecule has 16 heavy (non-hydrogen) atoms. The summed E-state index contributed by atoms with van der Waals surface area (Å²) in [5.41, 5.74) is 0. The van der Waals surface area contributed by atoms with Crippen LogP contribution in [0.2, 0.25) is 0 Å². The highest BCUT2D eigenvalue weighted by atomic mass is 32.2. The Bertz CT molecular complexity index is 294. The summed E-state index contributed by atoms with van der Waals surface area (Å²) in [5.74, 6) is 0.563. The van der Waals surface area contributed by atoms with E-state index in [1.165, 1.54) is 12.8 Å². The molecule has 4 heteroatoms. The van der Waals surface area contributed by atoms with Gasteiger partial charge in [0.1, 0.15) is 0 Å². The van der Waals surface area contributed by atoms with Crippen molar-refractivity contribution in [3.63, 3.8) is 0 Å². The van der Waals surface area contributed by atoms with Crippen molar-refractivity contribution in [2.75, 3.05) is 12.3 Å². The van der Waals surface area contributed by atoms with Gasteiger partial charge in [-0.3, -0.25) is 0 Å². The third-order valence-corrected chi connectivity index (χ3v) is 5.91. The molecule has 0 aromatic rings. The molecule has 0 spiro atoms. The second-order valence-electron chi connectivity index (χ2n) is 5.25. The van der Waals surface area contributed by atoms with Gasteiger partial charge in [0.15, 0.2) is 9.84 Å². The van der Waals surface area contributed by atoms with Gasteiger partial charge in [-0.25, -0.2) is 8.42 Å². The smallest absolute Gasteiger partial charge is 0.153 e. The number of rotatable bonds is 8. The van der Waals surface area contributed by atoms with Crippen LogP contribution in [0.5, 0.6) is 0 Å². The molecule has 0 aromatic heterocycles. The lowest BCUT2D eigenvalue weighted by Gasteiger charge is -2.16. The molecule has 1 N–H and O–H groups in total. The second kappa shape index (κ2) is 6.01. The van der Waals surface area contributed by atoms with Crippen LogP contribution in [0.4, 0.5) is 0 Å². The summed E-state index contributed by atoms with van der Waals surface area (Å²) in [6.45, 7) is 6.73. The van der Waals surface area contributed by atoms with E-state index in [2.05, 4.69) is 5.32 Å². The minimum absolute atomic E-state index is 0.205. The Morgan fingerprint density at radius 3 is 2.31 bits per heavy atom. The summed E-state index contributed by atoms with van der Waals surface area (Å²) in [6, 6.07) is 0.728. The van der Waals surface area contributed by atoms with Gasteiger partial charge in [-0.15, -0.1) is 0 Å². The first kappa shape index (κ1) is 14.0. The summed E-state index contributed by atoms with van der Waals surface area (Å²) in [5, 5.41) is 3.20. The predicted octanol–water partition coefficient (Wildman–Crippen LogP) is 1.98. The van der Waals surface area contributed by atoms with Crippen molar-refractivity contribution >= 4 is 9.84 Å². The van der Waals surface area contributed by atoms with Crippen LogP contribution < -0.4 is 5.32 Å². The van der Waals surface area contributed by atoms with Crippen molar-refractivity contribution in [3.8, 4) is 0 Å². The lowest BCUT2D eigenvalue weighted by molar-refractivity contribution is 0.541. The SMILES string of the molecule is CC(C)C(C)S(=O)(=O)CCCCNC1CC1. The normalized spacial score (nSPS) is 19.0. The fourth-order valence-corrected chi connectivity index (χ4v) is 3.43. The Kier molecular flexibility index (Phi) is 5.25. The van der Waals surface area contributed by atoms with Gasteiger partial charge >= 0.3 is 0 Å². The van der Waals surface area contributed by atoms with E-state index >= 15 is 0 Å². The summed E-state index contributed by atoms with van der Waals surface area (Å²) < 4.78 is 23.7. The molecule has 1 aliphatic carbocycles.